The molecule has 1 fully saturated rings. The molecule has 3 atom stereocenters. The van der Waals surface area contributed by atoms with E-state index in [4.69, 9.17) is 4.98 Å². The van der Waals surface area contributed by atoms with Crippen molar-refractivity contribution in [1.82, 2.24) is 10.3 Å². The lowest BCUT2D eigenvalue weighted by Gasteiger charge is -2.31. The lowest BCUT2D eigenvalue weighted by atomic mass is 9.83. The lowest BCUT2D eigenvalue weighted by molar-refractivity contribution is 0.502. The molecule has 3 unspecified atom stereocenters. The van der Waals surface area contributed by atoms with Crippen LogP contribution in [0, 0.1) is 5.92 Å². The molecule has 10 aromatic rings. The molecule has 1 aliphatic carbocycles. The van der Waals surface area contributed by atoms with Crippen molar-refractivity contribution in [1.29, 1.82) is 0 Å². The maximum Gasteiger partial charge on any atom is 0.124 e. The summed E-state index contributed by atoms with van der Waals surface area (Å²) in [4.78, 5) is 5.23. The summed E-state index contributed by atoms with van der Waals surface area (Å²) in [5.41, 5.74) is 7.49. The summed E-state index contributed by atoms with van der Waals surface area (Å²) < 4.78 is 3.96. The predicted octanol–water partition coefficient (Wildman–Crippen LogP) is 13.4. The Balaban J connectivity index is 0.979. The van der Waals surface area contributed by atoms with Crippen LogP contribution in [0.3, 0.4) is 0 Å². The molecule has 1 N–H and O–H groups in total. The molecule has 0 saturated heterocycles. The Bertz CT molecular complexity index is 3140. The fourth-order valence-electron chi connectivity index (χ4n) is 9.18. The van der Waals surface area contributed by atoms with Crippen LogP contribution in [0.15, 0.2) is 164 Å². The van der Waals surface area contributed by atoms with Crippen molar-refractivity contribution in [3.63, 3.8) is 0 Å². The summed E-state index contributed by atoms with van der Waals surface area (Å²) in [7, 11) is 0. The maximum absolute atomic E-state index is 5.23. The third kappa shape index (κ3) is 4.52. The molecule has 8 aromatic carbocycles. The molecular formula is C49H32N2S2. The van der Waals surface area contributed by atoms with Gasteiger partial charge in [-0.25, -0.2) is 4.98 Å². The number of rotatable bonds is 4. The van der Waals surface area contributed by atoms with E-state index in [1.54, 1.807) is 11.3 Å². The number of benzene rings is 8. The number of thiazole rings is 1. The smallest absolute Gasteiger partial charge is 0.124 e. The third-order valence-corrected chi connectivity index (χ3v) is 14.1. The first kappa shape index (κ1) is 29.7. The predicted molar refractivity (Wildman–Crippen MR) is 227 cm³/mol. The van der Waals surface area contributed by atoms with Crippen molar-refractivity contribution in [2.75, 3.05) is 0 Å². The van der Waals surface area contributed by atoms with E-state index in [-0.39, 0.29) is 11.5 Å². The topological polar surface area (TPSA) is 24.9 Å². The quantitative estimate of drug-likeness (QED) is 0.184. The maximum atomic E-state index is 5.23. The highest BCUT2D eigenvalue weighted by Crippen LogP contribution is 2.64. The Labute approximate surface area is 314 Å². The molecule has 3 heterocycles. The molecule has 0 bridgehead atoms. The number of fused-ring (bicyclic) bond motifs is 10. The molecule has 4 heteroatoms. The van der Waals surface area contributed by atoms with Gasteiger partial charge < -0.3 is 5.32 Å². The molecule has 0 amide bonds. The summed E-state index contributed by atoms with van der Waals surface area (Å²) in [5, 5.41) is 15.5. The molecule has 1 aliphatic heterocycles. The standard InChI is InChI=1S/C49H32N2S2/c1-3-9-29(10-4-1)41-28-49(36-19-21-38-39-24-32-13-7-8-14-33(32)25-43(39)52-44(38)26-36)27-40(49)46(50-41)35-17-20-37-34(23-35)16-15-30-18-22-42-47(45(30)37)51-48(53-42)31-11-5-2-6-12-31/h1-26,28,40,46,50H,27H2. The molecule has 53 heavy (non-hydrogen) atoms. The van der Waals surface area contributed by atoms with E-state index in [1.807, 2.05) is 11.3 Å². The van der Waals surface area contributed by atoms with Crippen LogP contribution in [-0.2, 0) is 5.41 Å². The zero-order chi connectivity index (χ0) is 34.7. The van der Waals surface area contributed by atoms with Gasteiger partial charge >= 0.3 is 0 Å². The fraction of sp³-hybridized carbons (Fsp3) is 0.0816. The van der Waals surface area contributed by atoms with Gasteiger partial charge in [0.2, 0.25) is 0 Å². The normalized spacial score (nSPS) is 19.6. The molecule has 2 aromatic heterocycles. The van der Waals surface area contributed by atoms with E-state index in [2.05, 4.69) is 169 Å². The monoisotopic (exact) mass is 712 g/mol. The first-order valence-corrected chi connectivity index (χ1v) is 20.0. The van der Waals surface area contributed by atoms with Gasteiger partial charge in [0.05, 0.1) is 16.3 Å². The third-order valence-electron chi connectivity index (χ3n) is 11.9. The second-order valence-electron chi connectivity index (χ2n) is 14.8. The highest BCUT2D eigenvalue weighted by atomic mass is 32.1. The van der Waals surface area contributed by atoms with Crippen molar-refractivity contribution < 1.29 is 0 Å². The van der Waals surface area contributed by atoms with Crippen LogP contribution in [0.25, 0.3) is 79.0 Å². The first-order valence-electron chi connectivity index (χ1n) is 18.4. The molecular weight excluding hydrogens is 681 g/mol. The Morgan fingerprint density at radius 1 is 0.547 bits per heavy atom. The summed E-state index contributed by atoms with van der Waals surface area (Å²) in [5.74, 6) is 0.459. The Morgan fingerprint density at radius 3 is 2.11 bits per heavy atom. The van der Waals surface area contributed by atoms with Crippen LogP contribution < -0.4 is 5.32 Å². The van der Waals surface area contributed by atoms with E-state index >= 15 is 0 Å². The van der Waals surface area contributed by atoms with Gasteiger partial charge in [0.1, 0.15) is 5.01 Å². The Hall–Kier alpha value is -5.81. The van der Waals surface area contributed by atoms with E-state index in [9.17, 15) is 0 Å². The van der Waals surface area contributed by atoms with Crippen LogP contribution in [0.2, 0.25) is 0 Å². The van der Waals surface area contributed by atoms with Crippen LogP contribution >= 0.6 is 22.7 Å². The van der Waals surface area contributed by atoms with Crippen LogP contribution in [0.5, 0.6) is 0 Å². The zero-order valence-electron chi connectivity index (χ0n) is 28.7. The minimum atomic E-state index is -0.0187. The van der Waals surface area contributed by atoms with Gasteiger partial charge in [-0.05, 0) is 92.4 Å². The molecule has 250 valence electrons. The minimum absolute atomic E-state index is 0.0187. The van der Waals surface area contributed by atoms with E-state index < -0.39 is 0 Å². The van der Waals surface area contributed by atoms with E-state index in [0.717, 1.165) is 16.9 Å². The summed E-state index contributed by atoms with van der Waals surface area (Å²) >= 11 is 3.70. The van der Waals surface area contributed by atoms with E-state index in [0.29, 0.717) is 5.92 Å². The number of allylic oxidation sites excluding steroid dienone is 1. The van der Waals surface area contributed by atoms with Gasteiger partial charge in [0.15, 0.2) is 0 Å². The van der Waals surface area contributed by atoms with Crippen molar-refractivity contribution in [2.24, 2.45) is 5.92 Å². The average molecular weight is 713 g/mol. The number of nitrogens with one attached hydrogen (secondary N) is 1. The average Bonchev–Trinajstić information content (AvgIpc) is 3.64. The molecule has 2 nitrogen and oxygen atoms in total. The SMILES string of the molecule is C1=C(c2ccccc2)NC(c2ccc3c(ccc4ccc5sc(-c6ccccc6)nc5c43)c2)C2CC12c1ccc2c(c1)sc1cc3ccccc3cc12. The second-order valence-corrected chi connectivity index (χ2v) is 17.0. The minimum Gasteiger partial charge on any atom is -0.378 e. The summed E-state index contributed by atoms with van der Waals surface area (Å²) in [6.07, 6.45) is 3.67. The van der Waals surface area contributed by atoms with Crippen molar-refractivity contribution in [3.05, 3.63) is 180 Å². The van der Waals surface area contributed by atoms with Crippen molar-refractivity contribution >= 4 is 91.1 Å². The Morgan fingerprint density at radius 2 is 1.26 bits per heavy atom. The van der Waals surface area contributed by atoms with E-state index in [1.165, 1.54) is 85.1 Å². The summed E-state index contributed by atoms with van der Waals surface area (Å²) in [6, 6.07) is 58.6. The number of hydrogen-bond donors (Lipinski definition) is 1. The van der Waals surface area contributed by atoms with Crippen LogP contribution in [0.1, 0.15) is 29.2 Å². The molecule has 0 spiro atoms. The molecule has 2 aliphatic rings. The number of aromatic nitrogens is 1. The molecule has 1 saturated carbocycles. The Kier molecular flexibility index (Phi) is 6.23. The van der Waals surface area contributed by atoms with Gasteiger partial charge in [-0.2, -0.15) is 0 Å². The highest BCUT2D eigenvalue weighted by molar-refractivity contribution is 7.26. The van der Waals surface area contributed by atoms with Gasteiger partial charge in [-0.15, -0.1) is 22.7 Å². The van der Waals surface area contributed by atoms with Crippen molar-refractivity contribution in [3.8, 4) is 10.6 Å². The number of nitrogens with zero attached hydrogens (tertiary/aromatic N) is 1. The fourth-order valence-corrected chi connectivity index (χ4v) is 11.3. The van der Waals surface area contributed by atoms with Gasteiger partial charge in [-0.3, -0.25) is 0 Å². The van der Waals surface area contributed by atoms with Crippen molar-refractivity contribution in [2.45, 2.75) is 17.9 Å². The first-order chi connectivity index (χ1) is 26.2. The number of thiophene rings is 1. The van der Waals surface area contributed by atoms with Gasteiger partial charge in [0.25, 0.3) is 0 Å². The largest absolute Gasteiger partial charge is 0.378 e. The second kappa shape index (κ2) is 11.1. The van der Waals surface area contributed by atoms with Crippen LogP contribution in [0.4, 0.5) is 0 Å². The van der Waals surface area contributed by atoms with Crippen LogP contribution in [-0.4, -0.2) is 4.98 Å². The van der Waals surface area contributed by atoms with Gasteiger partial charge in [0, 0.05) is 42.2 Å². The summed E-state index contributed by atoms with van der Waals surface area (Å²) in [6.45, 7) is 0. The molecule has 0 radical (unpaired) electrons. The zero-order valence-corrected chi connectivity index (χ0v) is 30.3. The highest BCUT2D eigenvalue weighted by Gasteiger charge is 2.60. The van der Waals surface area contributed by atoms with Gasteiger partial charge in [-0.1, -0.05) is 127 Å². The lowest BCUT2D eigenvalue weighted by Crippen LogP contribution is -2.30. The number of hydrogen-bond acceptors (Lipinski definition) is 4. The molecule has 12 rings (SSSR count).